The van der Waals surface area contributed by atoms with E-state index < -0.39 is 0 Å². The van der Waals surface area contributed by atoms with Gasteiger partial charge in [0.05, 0.1) is 6.54 Å². The number of unbranched alkanes of at least 4 members (excludes halogenated alkanes) is 1. The number of carbonyl (C=O) groups excluding carboxylic acids is 1. The topological polar surface area (TPSA) is 70.7 Å². The minimum Gasteiger partial charge on any atom is -0.370 e. The number of rotatable bonds is 7. The third-order valence-corrected chi connectivity index (χ3v) is 3.84. The normalized spacial score (nSPS) is 14.7. The monoisotopic (exact) mass is 430 g/mol. The van der Waals surface area contributed by atoms with Gasteiger partial charge < -0.3 is 16.0 Å². The van der Waals surface area contributed by atoms with Gasteiger partial charge in [0.25, 0.3) is 0 Å². The van der Waals surface area contributed by atoms with E-state index in [1.807, 2.05) is 4.90 Å². The van der Waals surface area contributed by atoms with Crippen molar-refractivity contribution in [3.63, 3.8) is 0 Å². The third kappa shape index (κ3) is 6.76. The molecule has 1 aromatic carbocycles. The molecule has 6 heteroatoms. The number of likely N-dealkylation sites (tertiary alicyclic amines) is 1. The Morgan fingerprint density at radius 2 is 2.00 bits per heavy atom. The average molecular weight is 430 g/mol. The Labute approximate surface area is 155 Å². The molecule has 128 valence electrons. The number of amides is 1. The average Bonchev–Trinajstić information content (AvgIpc) is 2.92. The second kappa shape index (κ2) is 10.5. The van der Waals surface area contributed by atoms with Gasteiger partial charge in [-0.15, -0.1) is 24.0 Å². The van der Waals surface area contributed by atoms with Crippen LogP contribution in [0.5, 0.6) is 0 Å². The molecular formula is C17H27IN4O. The van der Waals surface area contributed by atoms with Crippen LogP contribution in [0.1, 0.15) is 43.7 Å². The van der Waals surface area contributed by atoms with Crippen molar-refractivity contribution in [1.29, 1.82) is 0 Å². The van der Waals surface area contributed by atoms with Gasteiger partial charge in [-0.05, 0) is 24.0 Å². The van der Waals surface area contributed by atoms with Gasteiger partial charge >= 0.3 is 0 Å². The summed E-state index contributed by atoms with van der Waals surface area (Å²) >= 11 is 0. The number of carbonyl (C=O) groups is 1. The van der Waals surface area contributed by atoms with Gasteiger partial charge in [-0.25, -0.2) is 4.99 Å². The summed E-state index contributed by atoms with van der Waals surface area (Å²) in [5.41, 5.74) is 8.10. The Kier molecular flexibility index (Phi) is 8.98. The smallest absolute Gasteiger partial charge is 0.222 e. The van der Waals surface area contributed by atoms with E-state index >= 15 is 0 Å². The molecule has 0 spiro atoms. The molecule has 0 aliphatic carbocycles. The third-order valence-electron chi connectivity index (χ3n) is 3.84. The SMILES string of the molecule is CCCCNC(N)=NCc1ccc(CN2CCCC2=O)cc1.I. The molecule has 1 heterocycles. The summed E-state index contributed by atoms with van der Waals surface area (Å²) in [6.07, 6.45) is 3.91. The maximum atomic E-state index is 11.6. The van der Waals surface area contributed by atoms with Crippen LogP contribution in [0.4, 0.5) is 0 Å². The number of halogens is 1. The zero-order valence-electron chi connectivity index (χ0n) is 13.8. The van der Waals surface area contributed by atoms with Crippen molar-refractivity contribution < 1.29 is 4.79 Å². The van der Waals surface area contributed by atoms with Crippen LogP contribution in [0.3, 0.4) is 0 Å². The lowest BCUT2D eigenvalue weighted by atomic mass is 10.1. The Morgan fingerprint density at radius 1 is 1.30 bits per heavy atom. The fourth-order valence-electron chi connectivity index (χ4n) is 2.47. The van der Waals surface area contributed by atoms with E-state index in [0.717, 1.165) is 43.5 Å². The molecule has 1 aromatic rings. The highest BCUT2D eigenvalue weighted by atomic mass is 127. The van der Waals surface area contributed by atoms with E-state index in [1.165, 1.54) is 0 Å². The summed E-state index contributed by atoms with van der Waals surface area (Å²) in [6, 6.07) is 8.24. The Balaban J connectivity index is 0.00000264. The Morgan fingerprint density at radius 3 is 2.61 bits per heavy atom. The van der Waals surface area contributed by atoms with Crippen LogP contribution in [0.25, 0.3) is 0 Å². The highest BCUT2D eigenvalue weighted by Crippen LogP contribution is 2.15. The van der Waals surface area contributed by atoms with E-state index in [-0.39, 0.29) is 29.9 Å². The molecule has 5 nitrogen and oxygen atoms in total. The number of nitrogens with zero attached hydrogens (tertiary/aromatic N) is 2. The molecule has 0 atom stereocenters. The van der Waals surface area contributed by atoms with Gasteiger partial charge in [0, 0.05) is 26.1 Å². The molecule has 3 N–H and O–H groups in total. The minimum atomic E-state index is 0. The first-order valence-electron chi connectivity index (χ1n) is 8.08. The molecule has 0 unspecified atom stereocenters. The van der Waals surface area contributed by atoms with Crippen molar-refractivity contribution in [3.8, 4) is 0 Å². The summed E-state index contributed by atoms with van der Waals surface area (Å²) in [4.78, 5) is 17.9. The maximum Gasteiger partial charge on any atom is 0.222 e. The van der Waals surface area contributed by atoms with Crippen molar-refractivity contribution in [2.75, 3.05) is 13.1 Å². The predicted molar refractivity (Wildman–Crippen MR) is 105 cm³/mol. The molecule has 1 amide bonds. The first-order valence-corrected chi connectivity index (χ1v) is 8.08. The van der Waals surface area contributed by atoms with Gasteiger partial charge in [0.1, 0.15) is 0 Å². The van der Waals surface area contributed by atoms with Gasteiger partial charge in [0.15, 0.2) is 5.96 Å². The number of benzene rings is 1. The predicted octanol–water partition coefficient (Wildman–Crippen LogP) is 2.63. The molecular weight excluding hydrogens is 403 g/mol. The van der Waals surface area contributed by atoms with Gasteiger partial charge in [0.2, 0.25) is 5.91 Å². The second-order valence-electron chi connectivity index (χ2n) is 5.72. The molecule has 2 rings (SSSR count). The largest absolute Gasteiger partial charge is 0.370 e. The number of hydrogen-bond acceptors (Lipinski definition) is 2. The molecule has 1 saturated heterocycles. The summed E-state index contributed by atoms with van der Waals surface area (Å²) in [6.45, 7) is 5.18. The van der Waals surface area contributed by atoms with Crippen molar-refractivity contribution in [2.45, 2.75) is 45.7 Å². The molecule has 0 radical (unpaired) electrons. The molecule has 0 bridgehead atoms. The van der Waals surface area contributed by atoms with Crippen LogP contribution in [-0.4, -0.2) is 29.9 Å². The minimum absolute atomic E-state index is 0. The van der Waals surface area contributed by atoms with Crippen LogP contribution < -0.4 is 11.1 Å². The van der Waals surface area contributed by atoms with E-state index in [0.29, 0.717) is 25.5 Å². The van der Waals surface area contributed by atoms with Crippen LogP contribution in [0.2, 0.25) is 0 Å². The summed E-state index contributed by atoms with van der Waals surface area (Å²) < 4.78 is 0. The van der Waals surface area contributed by atoms with Crippen LogP contribution in [-0.2, 0) is 17.9 Å². The van der Waals surface area contributed by atoms with Crippen LogP contribution in [0, 0.1) is 0 Å². The van der Waals surface area contributed by atoms with E-state index in [9.17, 15) is 4.79 Å². The van der Waals surface area contributed by atoms with Crippen LogP contribution >= 0.6 is 24.0 Å². The lowest BCUT2D eigenvalue weighted by Gasteiger charge is -2.15. The van der Waals surface area contributed by atoms with Crippen molar-refractivity contribution >= 4 is 35.8 Å². The molecule has 0 aromatic heterocycles. The highest BCUT2D eigenvalue weighted by Gasteiger charge is 2.19. The lowest BCUT2D eigenvalue weighted by Crippen LogP contribution is -2.32. The standard InChI is InChI=1S/C17H26N4O.HI/c1-2-3-10-19-17(18)20-12-14-6-8-15(9-7-14)13-21-11-4-5-16(21)22;/h6-9H,2-5,10-13H2,1H3,(H3,18,19,20);1H. The van der Waals surface area contributed by atoms with Crippen LogP contribution in [0.15, 0.2) is 29.3 Å². The van der Waals surface area contributed by atoms with Crippen molar-refractivity contribution in [2.24, 2.45) is 10.7 Å². The second-order valence-corrected chi connectivity index (χ2v) is 5.72. The van der Waals surface area contributed by atoms with E-state index in [1.54, 1.807) is 0 Å². The van der Waals surface area contributed by atoms with Gasteiger partial charge in [-0.1, -0.05) is 37.6 Å². The zero-order valence-corrected chi connectivity index (χ0v) is 16.1. The fourth-order valence-corrected chi connectivity index (χ4v) is 2.47. The molecule has 23 heavy (non-hydrogen) atoms. The first-order chi connectivity index (χ1) is 10.7. The van der Waals surface area contributed by atoms with E-state index in [4.69, 9.17) is 5.73 Å². The number of guanidine groups is 1. The van der Waals surface area contributed by atoms with Crippen molar-refractivity contribution in [3.05, 3.63) is 35.4 Å². The van der Waals surface area contributed by atoms with Gasteiger partial charge in [-0.3, -0.25) is 4.79 Å². The number of aliphatic imine (C=N–C) groups is 1. The van der Waals surface area contributed by atoms with Gasteiger partial charge in [-0.2, -0.15) is 0 Å². The molecule has 1 fully saturated rings. The Bertz CT molecular complexity index is 516. The first kappa shape index (κ1) is 19.7. The number of nitrogens with one attached hydrogen (secondary N) is 1. The highest BCUT2D eigenvalue weighted by molar-refractivity contribution is 14.0. The lowest BCUT2D eigenvalue weighted by molar-refractivity contribution is -0.128. The summed E-state index contributed by atoms with van der Waals surface area (Å²) in [5, 5.41) is 3.10. The quantitative estimate of drug-likeness (QED) is 0.303. The molecule has 1 aliphatic rings. The molecule has 1 aliphatic heterocycles. The Hall–Kier alpha value is -1.31. The fraction of sp³-hybridized carbons (Fsp3) is 0.529. The number of hydrogen-bond donors (Lipinski definition) is 2. The van der Waals surface area contributed by atoms with Crippen molar-refractivity contribution in [1.82, 2.24) is 10.2 Å². The summed E-state index contributed by atoms with van der Waals surface area (Å²) in [5.74, 6) is 0.764. The molecule has 0 saturated carbocycles. The number of nitrogens with two attached hydrogens (primary N) is 1. The maximum absolute atomic E-state index is 11.6. The van der Waals surface area contributed by atoms with E-state index in [2.05, 4.69) is 41.5 Å². The summed E-state index contributed by atoms with van der Waals surface area (Å²) in [7, 11) is 0. The zero-order chi connectivity index (χ0) is 15.8.